The number of benzene rings is 1. The van der Waals surface area contributed by atoms with Crippen LogP contribution in [0.25, 0.3) is 22.3 Å². The summed E-state index contributed by atoms with van der Waals surface area (Å²) in [5.74, 6) is 0.752. The van der Waals surface area contributed by atoms with Gasteiger partial charge in [-0.1, -0.05) is 30.3 Å². The lowest BCUT2D eigenvalue weighted by atomic mass is 10.1. The van der Waals surface area contributed by atoms with E-state index in [1.165, 1.54) is 11.6 Å². The van der Waals surface area contributed by atoms with Crippen molar-refractivity contribution in [2.24, 2.45) is 0 Å². The minimum absolute atomic E-state index is 0.112. The number of aromatic nitrogens is 4. The van der Waals surface area contributed by atoms with Crippen molar-refractivity contribution in [3.8, 4) is 11.3 Å². The Bertz CT molecular complexity index is 1200. The molecule has 158 valence electrons. The fourth-order valence-corrected chi connectivity index (χ4v) is 3.78. The van der Waals surface area contributed by atoms with Crippen LogP contribution in [0.1, 0.15) is 11.1 Å². The van der Waals surface area contributed by atoms with E-state index in [-0.39, 0.29) is 5.56 Å². The van der Waals surface area contributed by atoms with E-state index in [0.717, 1.165) is 66.5 Å². The molecule has 1 fully saturated rings. The Morgan fingerprint density at radius 1 is 1.03 bits per heavy atom. The highest BCUT2D eigenvalue weighted by Crippen LogP contribution is 2.27. The predicted octanol–water partition coefficient (Wildman–Crippen LogP) is 2.76. The first kappa shape index (κ1) is 19.5. The molecule has 1 saturated heterocycles. The molecule has 0 atom stereocenters. The van der Waals surface area contributed by atoms with Crippen molar-refractivity contribution in [1.29, 1.82) is 0 Å². The summed E-state index contributed by atoms with van der Waals surface area (Å²) < 4.78 is 5.42. The molecule has 0 unspecified atom stereocenters. The van der Waals surface area contributed by atoms with Crippen LogP contribution in [-0.2, 0) is 17.8 Å². The largest absolute Gasteiger partial charge is 0.379 e. The van der Waals surface area contributed by atoms with E-state index < -0.39 is 0 Å². The van der Waals surface area contributed by atoms with Crippen molar-refractivity contribution in [2.45, 2.75) is 13.1 Å². The third-order valence-electron chi connectivity index (χ3n) is 5.51. The Hall–Kier alpha value is -3.49. The van der Waals surface area contributed by atoms with E-state index in [1.807, 2.05) is 0 Å². The molecule has 1 aliphatic heterocycles. The summed E-state index contributed by atoms with van der Waals surface area (Å²) in [5, 5.41) is 4.26. The molecule has 5 rings (SSSR count). The highest BCUT2D eigenvalue weighted by molar-refractivity contribution is 5.91. The summed E-state index contributed by atoms with van der Waals surface area (Å²) >= 11 is 0. The van der Waals surface area contributed by atoms with Crippen LogP contribution in [0.4, 0.5) is 5.82 Å². The van der Waals surface area contributed by atoms with Crippen molar-refractivity contribution >= 4 is 16.9 Å². The van der Waals surface area contributed by atoms with Gasteiger partial charge in [0.15, 0.2) is 0 Å². The zero-order chi connectivity index (χ0) is 21.0. The number of nitrogens with zero attached hydrogens (tertiary/aromatic N) is 3. The number of nitrogens with one attached hydrogen (secondary N) is 3. The molecule has 1 aliphatic rings. The summed E-state index contributed by atoms with van der Waals surface area (Å²) in [7, 11) is 0. The standard InChI is InChI=1S/C23H24N6O2/c30-21-6-3-17(12-24-21)13-25-22-19-11-20(28-23(19)27-15-26-22)18-4-1-16(2-5-18)14-29-7-9-31-10-8-29/h1-6,11-12,15H,7-10,13-14H2,(H,24,30)(H2,25,26,27,28). The molecule has 4 heterocycles. The van der Waals surface area contributed by atoms with Crippen LogP contribution >= 0.6 is 0 Å². The number of ether oxygens (including phenoxy) is 1. The zero-order valence-corrected chi connectivity index (χ0v) is 17.1. The maximum atomic E-state index is 11.2. The SMILES string of the molecule is O=c1ccc(CNc2ncnc3[nH]c(-c4ccc(CN5CCOCC5)cc4)cc23)c[nH]1. The smallest absolute Gasteiger partial charge is 0.247 e. The first-order valence-corrected chi connectivity index (χ1v) is 10.4. The fraction of sp³-hybridized carbons (Fsp3) is 0.261. The fourth-order valence-electron chi connectivity index (χ4n) is 3.78. The van der Waals surface area contributed by atoms with E-state index in [2.05, 4.69) is 60.5 Å². The maximum Gasteiger partial charge on any atom is 0.247 e. The highest BCUT2D eigenvalue weighted by atomic mass is 16.5. The predicted molar refractivity (Wildman–Crippen MR) is 120 cm³/mol. The molecule has 0 spiro atoms. The Morgan fingerprint density at radius 2 is 1.84 bits per heavy atom. The summed E-state index contributed by atoms with van der Waals surface area (Å²) in [6, 6.07) is 14.0. The number of pyridine rings is 1. The number of morpholine rings is 1. The van der Waals surface area contributed by atoms with Crippen molar-refractivity contribution in [3.05, 3.63) is 76.5 Å². The molecule has 3 N–H and O–H groups in total. The van der Waals surface area contributed by atoms with Gasteiger partial charge in [-0.2, -0.15) is 0 Å². The number of rotatable bonds is 6. The van der Waals surface area contributed by atoms with Crippen molar-refractivity contribution in [1.82, 2.24) is 24.8 Å². The van der Waals surface area contributed by atoms with Crippen LogP contribution in [0, 0.1) is 0 Å². The average Bonchev–Trinajstić information content (AvgIpc) is 3.25. The molecule has 1 aromatic carbocycles. The van der Waals surface area contributed by atoms with E-state index >= 15 is 0 Å². The van der Waals surface area contributed by atoms with E-state index in [0.29, 0.717) is 6.54 Å². The summed E-state index contributed by atoms with van der Waals surface area (Å²) in [5.41, 5.74) is 5.05. The van der Waals surface area contributed by atoms with E-state index in [4.69, 9.17) is 4.74 Å². The van der Waals surface area contributed by atoms with Gasteiger partial charge < -0.3 is 20.0 Å². The van der Waals surface area contributed by atoms with Crippen LogP contribution in [0.15, 0.2) is 59.8 Å². The van der Waals surface area contributed by atoms with Gasteiger partial charge in [0, 0.05) is 44.1 Å². The third kappa shape index (κ3) is 4.50. The number of hydrogen-bond acceptors (Lipinski definition) is 6. The lowest BCUT2D eigenvalue weighted by molar-refractivity contribution is 0.0342. The first-order chi connectivity index (χ1) is 15.2. The topological polar surface area (TPSA) is 98.9 Å². The molecule has 8 heteroatoms. The molecule has 0 radical (unpaired) electrons. The minimum atomic E-state index is -0.112. The molecule has 8 nitrogen and oxygen atoms in total. The number of aromatic amines is 2. The Morgan fingerprint density at radius 3 is 2.61 bits per heavy atom. The van der Waals surface area contributed by atoms with Crippen molar-refractivity contribution in [2.75, 3.05) is 31.6 Å². The molecule has 4 aromatic rings. The zero-order valence-electron chi connectivity index (χ0n) is 17.1. The summed E-state index contributed by atoms with van der Waals surface area (Å²) in [6.45, 7) is 5.09. The minimum Gasteiger partial charge on any atom is -0.379 e. The molecular weight excluding hydrogens is 392 g/mol. The van der Waals surface area contributed by atoms with Crippen LogP contribution < -0.4 is 10.9 Å². The first-order valence-electron chi connectivity index (χ1n) is 10.4. The quantitative estimate of drug-likeness (QED) is 0.447. The second kappa shape index (κ2) is 8.71. The number of fused-ring (bicyclic) bond motifs is 1. The van der Waals surface area contributed by atoms with Crippen molar-refractivity contribution < 1.29 is 4.74 Å². The van der Waals surface area contributed by atoms with Crippen LogP contribution in [0.3, 0.4) is 0 Å². The lowest BCUT2D eigenvalue weighted by Crippen LogP contribution is -2.35. The number of H-pyrrole nitrogens is 2. The lowest BCUT2D eigenvalue weighted by Gasteiger charge is -2.26. The second-order valence-electron chi connectivity index (χ2n) is 7.67. The molecule has 0 saturated carbocycles. The van der Waals surface area contributed by atoms with E-state index in [1.54, 1.807) is 18.6 Å². The van der Waals surface area contributed by atoms with Gasteiger partial charge in [0.2, 0.25) is 5.56 Å². The molecule has 0 amide bonds. The Kier molecular flexibility index (Phi) is 5.47. The molecular formula is C23H24N6O2. The van der Waals surface area contributed by atoms with Gasteiger partial charge in [-0.3, -0.25) is 9.69 Å². The maximum absolute atomic E-state index is 11.2. The second-order valence-corrected chi connectivity index (χ2v) is 7.67. The molecule has 0 bridgehead atoms. The number of hydrogen-bond donors (Lipinski definition) is 3. The van der Waals surface area contributed by atoms with Crippen LogP contribution in [0.5, 0.6) is 0 Å². The van der Waals surface area contributed by atoms with Gasteiger partial charge in [0.1, 0.15) is 17.8 Å². The monoisotopic (exact) mass is 416 g/mol. The van der Waals surface area contributed by atoms with E-state index in [9.17, 15) is 4.79 Å². The van der Waals surface area contributed by atoms with Gasteiger partial charge >= 0.3 is 0 Å². The van der Waals surface area contributed by atoms with Crippen LogP contribution in [0.2, 0.25) is 0 Å². The highest BCUT2D eigenvalue weighted by Gasteiger charge is 2.12. The Balaban J connectivity index is 1.32. The number of anilines is 1. The normalized spacial score (nSPS) is 14.7. The van der Waals surface area contributed by atoms with Gasteiger partial charge in [0.25, 0.3) is 0 Å². The van der Waals surface area contributed by atoms with Crippen molar-refractivity contribution in [3.63, 3.8) is 0 Å². The Labute approximate surface area is 179 Å². The van der Waals surface area contributed by atoms with Gasteiger partial charge in [-0.15, -0.1) is 0 Å². The third-order valence-corrected chi connectivity index (χ3v) is 5.51. The summed E-state index contributed by atoms with van der Waals surface area (Å²) in [6.07, 6.45) is 3.25. The van der Waals surface area contributed by atoms with Gasteiger partial charge in [-0.05, 0) is 22.8 Å². The molecule has 3 aromatic heterocycles. The molecule has 0 aliphatic carbocycles. The van der Waals surface area contributed by atoms with Crippen LogP contribution in [-0.4, -0.2) is 51.1 Å². The summed E-state index contributed by atoms with van der Waals surface area (Å²) in [4.78, 5) is 28.5. The molecule has 31 heavy (non-hydrogen) atoms. The van der Waals surface area contributed by atoms with Gasteiger partial charge in [-0.25, -0.2) is 9.97 Å². The average molecular weight is 416 g/mol. The van der Waals surface area contributed by atoms with Gasteiger partial charge in [0.05, 0.1) is 18.6 Å².